The predicted molar refractivity (Wildman–Crippen MR) is 91.7 cm³/mol. The standard InChI is InChI=1S/C20H24/c1-7-18(17(6)13-15(3)4)14-19(8-2)20-11-9-16(5)10-12-20/h7-14H,1-2H2,3-6H3/b18-17+,19-14+. The van der Waals surface area contributed by atoms with E-state index in [-0.39, 0.29) is 0 Å². The van der Waals surface area contributed by atoms with Gasteiger partial charge in [0, 0.05) is 0 Å². The number of allylic oxidation sites excluding steroid dienone is 8. The van der Waals surface area contributed by atoms with Gasteiger partial charge in [0.2, 0.25) is 0 Å². The van der Waals surface area contributed by atoms with Gasteiger partial charge in [-0.25, -0.2) is 0 Å². The number of rotatable bonds is 5. The summed E-state index contributed by atoms with van der Waals surface area (Å²) in [6.07, 6.45) is 8.10. The van der Waals surface area contributed by atoms with Crippen molar-refractivity contribution >= 4 is 5.57 Å². The lowest BCUT2D eigenvalue weighted by molar-refractivity contribution is 1.33. The lowest BCUT2D eigenvalue weighted by Crippen LogP contribution is -1.85. The summed E-state index contributed by atoms with van der Waals surface area (Å²) in [7, 11) is 0. The lowest BCUT2D eigenvalue weighted by Gasteiger charge is -2.06. The zero-order valence-corrected chi connectivity index (χ0v) is 13.0. The van der Waals surface area contributed by atoms with Gasteiger partial charge in [0.05, 0.1) is 0 Å². The summed E-state index contributed by atoms with van der Waals surface area (Å²) in [6.45, 7) is 16.2. The van der Waals surface area contributed by atoms with E-state index in [1.807, 2.05) is 12.2 Å². The van der Waals surface area contributed by atoms with Crippen LogP contribution in [0.4, 0.5) is 0 Å². The largest absolute Gasteiger partial charge is 0.0985 e. The van der Waals surface area contributed by atoms with Crippen LogP contribution in [0.1, 0.15) is 31.9 Å². The summed E-state index contributed by atoms with van der Waals surface area (Å²) in [5, 5.41) is 0. The van der Waals surface area contributed by atoms with Gasteiger partial charge >= 0.3 is 0 Å². The molecule has 0 saturated heterocycles. The van der Waals surface area contributed by atoms with Crippen LogP contribution in [0.2, 0.25) is 0 Å². The highest BCUT2D eigenvalue weighted by atomic mass is 14.0. The Morgan fingerprint density at radius 2 is 1.50 bits per heavy atom. The average Bonchev–Trinajstić information content (AvgIpc) is 2.40. The molecule has 0 aliphatic rings. The number of hydrogen-bond donors (Lipinski definition) is 0. The van der Waals surface area contributed by atoms with Crippen molar-refractivity contribution < 1.29 is 0 Å². The highest BCUT2D eigenvalue weighted by molar-refractivity contribution is 5.76. The van der Waals surface area contributed by atoms with E-state index in [1.54, 1.807) is 0 Å². The summed E-state index contributed by atoms with van der Waals surface area (Å²) >= 11 is 0. The van der Waals surface area contributed by atoms with Gasteiger partial charge in [-0.2, -0.15) is 0 Å². The quantitative estimate of drug-likeness (QED) is 0.569. The molecule has 0 fully saturated rings. The third-order valence-electron chi connectivity index (χ3n) is 3.10. The van der Waals surface area contributed by atoms with Gasteiger partial charge < -0.3 is 0 Å². The van der Waals surface area contributed by atoms with Gasteiger partial charge in [-0.15, -0.1) is 0 Å². The first-order valence-corrected chi connectivity index (χ1v) is 6.87. The van der Waals surface area contributed by atoms with Gasteiger partial charge in [-0.3, -0.25) is 0 Å². The van der Waals surface area contributed by atoms with Crippen molar-refractivity contribution in [2.24, 2.45) is 0 Å². The second-order valence-corrected chi connectivity index (χ2v) is 5.23. The van der Waals surface area contributed by atoms with E-state index in [0.29, 0.717) is 0 Å². The van der Waals surface area contributed by atoms with E-state index < -0.39 is 0 Å². The third kappa shape index (κ3) is 4.55. The molecule has 0 unspecified atom stereocenters. The molecule has 0 bridgehead atoms. The Bertz CT molecular complexity index is 571. The Hall–Kier alpha value is -2.08. The van der Waals surface area contributed by atoms with Gasteiger partial charge in [-0.1, -0.05) is 66.8 Å². The average molecular weight is 264 g/mol. The Morgan fingerprint density at radius 3 is 1.95 bits per heavy atom. The van der Waals surface area contributed by atoms with Crippen LogP contribution in [0.25, 0.3) is 5.57 Å². The van der Waals surface area contributed by atoms with E-state index in [4.69, 9.17) is 0 Å². The maximum absolute atomic E-state index is 3.93. The first kappa shape index (κ1) is 16.0. The van der Waals surface area contributed by atoms with Crippen LogP contribution in [-0.4, -0.2) is 0 Å². The highest BCUT2D eigenvalue weighted by Crippen LogP contribution is 2.21. The molecule has 0 heteroatoms. The van der Waals surface area contributed by atoms with Crippen molar-refractivity contribution in [2.45, 2.75) is 27.7 Å². The molecule has 1 aromatic carbocycles. The second kappa shape index (κ2) is 7.49. The first-order valence-electron chi connectivity index (χ1n) is 6.87. The smallest absolute Gasteiger partial charge is 0.0184 e. The Kier molecular flexibility index (Phi) is 5.99. The molecule has 0 aliphatic carbocycles. The van der Waals surface area contributed by atoms with Crippen molar-refractivity contribution in [3.05, 3.63) is 89.6 Å². The Morgan fingerprint density at radius 1 is 0.900 bits per heavy atom. The Balaban J connectivity index is 3.28. The summed E-state index contributed by atoms with van der Waals surface area (Å²) in [6, 6.07) is 8.49. The molecule has 0 N–H and O–H groups in total. The topological polar surface area (TPSA) is 0 Å². The van der Waals surface area contributed by atoms with E-state index in [0.717, 1.165) is 11.1 Å². The van der Waals surface area contributed by atoms with Crippen molar-refractivity contribution in [3.63, 3.8) is 0 Å². The minimum atomic E-state index is 1.11. The van der Waals surface area contributed by atoms with Gasteiger partial charge in [-0.05, 0) is 56.1 Å². The van der Waals surface area contributed by atoms with E-state index >= 15 is 0 Å². The zero-order chi connectivity index (χ0) is 15.1. The molecule has 1 rings (SSSR count). The monoisotopic (exact) mass is 264 g/mol. The highest BCUT2D eigenvalue weighted by Gasteiger charge is 2.00. The maximum atomic E-state index is 3.93. The fraction of sp³-hybridized carbons (Fsp3) is 0.200. The molecule has 0 atom stereocenters. The van der Waals surface area contributed by atoms with Gasteiger partial charge in [0.1, 0.15) is 0 Å². The summed E-state index contributed by atoms with van der Waals surface area (Å²) in [4.78, 5) is 0. The second-order valence-electron chi connectivity index (χ2n) is 5.23. The van der Waals surface area contributed by atoms with E-state index in [2.05, 4.69) is 77.3 Å². The molecule has 20 heavy (non-hydrogen) atoms. The fourth-order valence-electron chi connectivity index (χ4n) is 2.02. The van der Waals surface area contributed by atoms with E-state index in [9.17, 15) is 0 Å². The first-order chi connectivity index (χ1) is 9.47. The number of aryl methyl sites for hydroxylation is 1. The van der Waals surface area contributed by atoms with Crippen LogP contribution in [-0.2, 0) is 0 Å². The van der Waals surface area contributed by atoms with Gasteiger partial charge in [0.25, 0.3) is 0 Å². The number of hydrogen-bond acceptors (Lipinski definition) is 0. The molecule has 0 heterocycles. The predicted octanol–water partition coefficient (Wildman–Crippen LogP) is 6.03. The molecule has 0 radical (unpaired) electrons. The molecule has 1 aromatic rings. The summed E-state index contributed by atoms with van der Waals surface area (Å²) < 4.78 is 0. The van der Waals surface area contributed by atoms with Crippen LogP contribution in [0.15, 0.2) is 78.4 Å². The fourth-order valence-corrected chi connectivity index (χ4v) is 2.02. The van der Waals surface area contributed by atoms with Crippen LogP contribution in [0, 0.1) is 6.92 Å². The SMILES string of the molecule is C=C/C(=C\C(C=C)=C(/C)C=C(C)C)c1ccc(C)cc1. The van der Waals surface area contributed by atoms with Crippen LogP contribution < -0.4 is 0 Å². The van der Waals surface area contributed by atoms with Crippen molar-refractivity contribution in [3.8, 4) is 0 Å². The zero-order valence-electron chi connectivity index (χ0n) is 13.0. The van der Waals surface area contributed by atoms with Crippen LogP contribution >= 0.6 is 0 Å². The molecular weight excluding hydrogens is 240 g/mol. The van der Waals surface area contributed by atoms with E-state index in [1.165, 1.54) is 22.3 Å². The molecule has 0 amide bonds. The van der Waals surface area contributed by atoms with Crippen molar-refractivity contribution in [1.29, 1.82) is 0 Å². The maximum Gasteiger partial charge on any atom is -0.0184 e. The normalized spacial score (nSPS) is 12.5. The summed E-state index contributed by atoms with van der Waals surface area (Å²) in [5.74, 6) is 0. The van der Waals surface area contributed by atoms with Crippen molar-refractivity contribution in [1.82, 2.24) is 0 Å². The minimum absolute atomic E-state index is 1.11. The minimum Gasteiger partial charge on any atom is -0.0985 e. The third-order valence-corrected chi connectivity index (χ3v) is 3.10. The van der Waals surface area contributed by atoms with Crippen LogP contribution in [0.5, 0.6) is 0 Å². The van der Waals surface area contributed by atoms with Crippen LogP contribution in [0.3, 0.4) is 0 Å². The molecule has 0 nitrogen and oxygen atoms in total. The molecule has 0 spiro atoms. The Labute approximate surface area is 123 Å². The molecule has 0 aromatic heterocycles. The molecule has 104 valence electrons. The van der Waals surface area contributed by atoms with Crippen molar-refractivity contribution in [2.75, 3.05) is 0 Å². The van der Waals surface area contributed by atoms with Gasteiger partial charge in [0.15, 0.2) is 0 Å². The molecular formula is C20H24. The number of benzene rings is 1. The molecule has 0 aliphatic heterocycles. The lowest BCUT2D eigenvalue weighted by atomic mass is 9.99. The summed E-state index contributed by atoms with van der Waals surface area (Å²) in [5.41, 5.74) is 7.17. The molecule has 0 saturated carbocycles.